The smallest absolute Gasteiger partial charge is 0.287 e. The van der Waals surface area contributed by atoms with Gasteiger partial charge < -0.3 is 19.8 Å². The van der Waals surface area contributed by atoms with Crippen LogP contribution in [0.5, 0.6) is 5.75 Å². The molecule has 7 nitrogen and oxygen atoms in total. The maximum absolute atomic E-state index is 11.7. The Balaban J connectivity index is 1.79. The Morgan fingerprint density at radius 2 is 2.00 bits per heavy atom. The van der Waals surface area contributed by atoms with Crippen LogP contribution in [0.1, 0.15) is 10.6 Å². The van der Waals surface area contributed by atoms with E-state index in [0.29, 0.717) is 11.4 Å². The van der Waals surface area contributed by atoms with Gasteiger partial charge in [0.05, 0.1) is 12.8 Å². The molecule has 0 radical (unpaired) electrons. The molecule has 0 spiro atoms. The molecule has 1 heterocycles. The number of nitrogens with zero attached hydrogens (tertiary/aromatic N) is 1. The second-order valence-corrected chi connectivity index (χ2v) is 4.18. The van der Waals surface area contributed by atoms with Crippen molar-refractivity contribution in [1.29, 1.82) is 5.26 Å². The third-order valence-electron chi connectivity index (χ3n) is 2.60. The Hall–Kier alpha value is -3.27. The molecule has 1 aromatic carbocycles. The molecule has 2 rings (SSSR count). The van der Waals surface area contributed by atoms with Crippen LogP contribution in [0.25, 0.3) is 0 Å². The number of carbonyl (C=O) groups is 2. The number of ether oxygens (including phenoxy) is 1. The zero-order valence-corrected chi connectivity index (χ0v) is 11.5. The predicted octanol–water partition coefficient (Wildman–Crippen LogP) is 1.55. The van der Waals surface area contributed by atoms with Crippen LogP contribution in [0.3, 0.4) is 0 Å². The van der Waals surface area contributed by atoms with Crippen LogP contribution in [0.15, 0.2) is 47.1 Å². The van der Waals surface area contributed by atoms with Crippen LogP contribution in [-0.2, 0) is 4.79 Å². The highest BCUT2D eigenvalue weighted by Crippen LogP contribution is 2.15. The number of furan rings is 1. The number of anilines is 1. The van der Waals surface area contributed by atoms with E-state index in [-0.39, 0.29) is 24.8 Å². The number of hydrogen-bond acceptors (Lipinski definition) is 5. The van der Waals surface area contributed by atoms with Crippen molar-refractivity contribution in [3.63, 3.8) is 0 Å². The summed E-state index contributed by atoms with van der Waals surface area (Å²) in [4.78, 5) is 23.3. The lowest BCUT2D eigenvalue weighted by Crippen LogP contribution is -2.32. The number of benzene rings is 1. The fraction of sp³-hybridized carbons (Fsp3) is 0.133. The van der Waals surface area contributed by atoms with Gasteiger partial charge in [-0.3, -0.25) is 9.59 Å². The van der Waals surface area contributed by atoms with Crippen LogP contribution in [0.4, 0.5) is 5.69 Å². The Morgan fingerprint density at radius 1 is 1.23 bits per heavy atom. The van der Waals surface area contributed by atoms with Crippen molar-refractivity contribution >= 4 is 17.5 Å². The monoisotopic (exact) mass is 299 g/mol. The zero-order chi connectivity index (χ0) is 15.8. The maximum atomic E-state index is 11.7. The number of amides is 2. The summed E-state index contributed by atoms with van der Waals surface area (Å²) in [7, 11) is 0. The molecule has 0 fully saturated rings. The molecule has 0 aliphatic rings. The van der Waals surface area contributed by atoms with E-state index in [0.717, 1.165) is 0 Å². The van der Waals surface area contributed by atoms with Gasteiger partial charge in [-0.1, -0.05) is 0 Å². The maximum Gasteiger partial charge on any atom is 0.287 e. The molecule has 7 heteroatoms. The van der Waals surface area contributed by atoms with Gasteiger partial charge in [0.15, 0.2) is 12.4 Å². The average molecular weight is 299 g/mol. The molecular weight excluding hydrogens is 286 g/mol. The highest BCUT2D eigenvalue weighted by atomic mass is 16.5. The van der Waals surface area contributed by atoms with Crippen molar-refractivity contribution < 1.29 is 18.7 Å². The Labute approximate surface area is 126 Å². The zero-order valence-electron chi connectivity index (χ0n) is 11.5. The van der Waals surface area contributed by atoms with Crippen molar-refractivity contribution in [3.8, 4) is 11.8 Å². The van der Waals surface area contributed by atoms with Gasteiger partial charge >= 0.3 is 0 Å². The lowest BCUT2D eigenvalue weighted by Gasteiger charge is -2.07. The van der Waals surface area contributed by atoms with Crippen molar-refractivity contribution in [3.05, 3.63) is 48.4 Å². The van der Waals surface area contributed by atoms with E-state index in [1.807, 2.05) is 6.07 Å². The topological polar surface area (TPSA) is 104 Å². The van der Waals surface area contributed by atoms with E-state index in [4.69, 9.17) is 14.4 Å². The number of carbonyl (C=O) groups excluding carboxylic acids is 2. The van der Waals surface area contributed by atoms with Crippen LogP contribution >= 0.6 is 0 Å². The van der Waals surface area contributed by atoms with Gasteiger partial charge in [-0.25, -0.2) is 0 Å². The molecule has 2 aromatic rings. The molecule has 0 aliphatic carbocycles. The molecule has 0 bridgehead atoms. The molecular formula is C15H13N3O4. The van der Waals surface area contributed by atoms with E-state index in [9.17, 15) is 9.59 Å². The van der Waals surface area contributed by atoms with E-state index >= 15 is 0 Å². The minimum Gasteiger partial charge on any atom is -0.479 e. The van der Waals surface area contributed by atoms with Gasteiger partial charge in [0, 0.05) is 5.69 Å². The average Bonchev–Trinajstić information content (AvgIpc) is 3.06. The standard InChI is InChI=1S/C15H13N3O4/c16-7-9-21-12-5-3-11(4-6-12)18-14(19)10-17-15(20)13-2-1-8-22-13/h1-6,8H,9-10H2,(H,17,20)(H,18,19). The minimum atomic E-state index is -0.458. The Bertz CT molecular complexity index is 672. The summed E-state index contributed by atoms with van der Waals surface area (Å²) in [6, 6.07) is 11.5. The first-order valence-electron chi connectivity index (χ1n) is 6.40. The number of nitriles is 1. The Kier molecular flexibility index (Phi) is 5.15. The number of hydrogen-bond donors (Lipinski definition) is 2. The predicted molar refractivity (Wildman–Crippen MR) is 77.2 cm³/mol. The van der Waals surface area contributed by atoms with Gasteiger partial charge in [-0.05, 0) is 36.4 Å². The number of rotatable bonds is 6. The summed E-state index contributed by atoms with van der Waals surface area (Å²) in [5, 5.41) is 13.5. The van der Waals surface area contributed by atoms with Gasteiger partial charge in [-0.15, -0.1) is 0 Å². The fourth-order valence-corrected chi connectivity index (χ4v) is 1.61. The van der Waals surface area contributed by atoms with E-state index in [1.165, 1.54) is 12.3 Å². The van der Waals surface area contributed by atoms with Gasteiger partial charge in [0.1, 0.15) is 11.8 Å². The fourth-order valence-electron chi connectivity index (χ4n) is 1.61. The first-order chi connectivity index (χ1) is 10.7. The third-order valence-corrected chi connectivity index (χ3v) is 2.60. The van der Waals surface area contributed by atoms with Crippen LogP contribution in [-0.4, -0.2) is 25.0 Å². The van der Waals surface area contributed by atoms with Gasteiger partial charge in [0.2, 0.25) is 5.91 Å². The molecule has 112 valence electrons. The SMILES string of the molecule is N#CCOc1ccc(NC(=O)CNC(=O)c2ccco2)cc1. The first kappa shape index (κ1) is 15.1. The second-order valence-electron chi connectivity index (χ2n) is 4.18. The number of nitrogens with one attached hydrogen (secondary N) is 2. The molecule has 0 saturated heterocycles. The minimum absolute atomic E-state index is 0.0372. The van der Waals surface area contributed by atoms with E-state index < -0.39 is 5.91 Å². The van der Waals surface area contributed by atoms with Crippen LogP contribution in [0.2, 0.25) is 0 Å². The van der Waals surface area contributed by atoms with Crippen molar-refractivity contribution in [2.24, 2.45) is 0 Å². The lowest BCUT2D eigenvalue weighted by atomic mass is 10.3. The summed E-state index contributed by atoms with van der Waals surface area (Å²) in [5.74, 6) is -0.150. The molecule has 0 saturated carbocycles. The van der Waals surface area contributed by atoms with Crippen molar-refractivity contribution in [2.75, 3.05) is 18.5 Å². The largest absolute Gasteiger partial charge is 0.479 e. The molecule has 2 N–H and O–H groups in total. The first-order valence-corrected chi connectivity index (χ1v) is 6.40. The third kappa shape index (κ3) is 4.38. The highest BCUT2D eigenvalue weighted by molar-refractivity contribution is 5.97. The quantitative estimate of drug-likeness (QED) is 0.842. The van der Waals surface area contributed by atoms with Crippen LogP contribution < -0.4 is 15.4 Å². The van der Waals surface area contributed by atoms with Crippen molar-refractivity contribution in [1.82, 2.24) is 5.32 Å². The molecule has 0 unspecified atom stereocenters. The molecule has 0 aliphatic heterocycles. The van der Waals surface area contributed by atoms with Crippen molar-refractivity contribution in [2.45, 2.75) is 0 Å². The molecule has 1 aromatic heterocycles. The lowest BCUT2D eigenvalue weighted by molar-refractivity contribution is -0.115. The molecule has 2 amide bonds. The molecule has 0 atom stereocenters. The van der Waals surface area contributed by atoms with E-state index in [2.05, 4.69) is 10.6 Å². The van der Waals surface area contributed by atoms with Gasteiger partial charge in [-0.2, -0.15) is 5.26 Å². The normalized spacial score (nSPS) is 9.59. The van der Waals surface area contributed by atoms with Crippen LogP contribution in [0, 0.1) is 11.3 Å². The Morgan fingerprint density at radius 3 is 2.64 bits per heavy atom. The summed E-state index contributed by atoms with van der Waals surface area (Å²) in [6.07, 6.45) is 1.38. The molecule has 22 heavy (non-hydrogen) atoms. The second kappa shape index (κ2) is 7.50. The highest BCUT2D eigenvalue weighted by Gasteiger charge is 2.10. The summed E-state index contributed by atoms with van der Waals surface area (Å²) >= 11 is 0. The van der Waals surface area contributed by atoms with E-state index in [1.54, 1.807) is 30.3 Å². The van der Waals surface area contributed by atoms with Gasteiger partial charge in [0.25, 0.3) is 5.91 Å². The summed E-state index contributed by atoms with van der Waals surface area (Å²) in [5.41, 5.74) is 0.557. The summed E-state index contributed by atoms with van der Waals surface area (Å²) < 4.78 is 10.0. The summed E-state index contributed by atoms with van der Waals surface area (Å²) in [6.45, 7) is -0.212.